The molecule has 0 bridgehead atoms. The largest absolute Gasteiger partial charge is 0.478 e. The Bertz CT molecular complexity index is 516. The summed E-state index contributed by atoms with van der Waals surface area (Å²) in [4.78, 5) is 22.1. The van der Waals surface area contributed by atoms with Crippen molar-refractivity contribution in [1.82, 2.24) is 0 Å². The second-order valence-corrected chi connectivity index (χ2v) is 4.57. The van der Waals surface area contributed by atoms with Gasteiger partial charge in [-0.05, 0) is 49.1 Å². The van der Waals surface area contributed by atoms with E-state index in [0.29, 0.717) is 0 Å². The molecule has 1 aliphatic rings. The second-order valence-electron chi connectivity index (χ2n) is 4.57. The van der Waals surface area contributed by atoms with Crippen LogP contribution in [-0.2, 0) is 9.59 Å². The average Bonchev–Trinajstić information content (AvgIpc) is 3.09. The van der Waals surface area contributed by atoms with E-state index >= 15 is 0 Å². The number of carboxylic acid groups (broad SMARTS) is 1. The Kier molecular flexibility index (Phi) is 3.46. The lowest BCUT2D eigenvalue weighted by Crippen LogP contribution is -2.13. The summed E-state index contributed by atoms with van der Waals surface area (Å²) in [6, 6.07) is 5.51. The van der Waals surface area contributed by atoms with Crippen molar-refractivity contribution in [3.05, 3.63) is 35.4 Å². The Balaban J connectivity index is 2.14. The monoisotopic (exact) mass is 245 g/mol. The van der Waals surface area contributed by atoms with Crippen LogP contribution in [0.5, 0.6) is 0 Å². The standard InChI is InChI=1S/C14H15NO3/c1-9-6-10(2-5-13(16)17)8-12(7-9)15-14(18)11-3-4-11/h2,5-8,11H,3-4H2,1H3,(H,15,18)(H,16,17)/b5-2+. The first-order chi connectivity index (χ1) is 8.54. The summed E-state index contributed by atoms with van der Waals surface area (Å²) < 4.78 is 0. The van der Waals surface area contributed by atoms with Gasteiger partial charge in [-0.25, -0.2) is 4.79 Å². The average molecular weight is 245 g/mol. The number of anilines is 1. The molecule has 0 atom stereocenters. The zero-order chi connectivity index (χ0) is 13.1. The highest BCUT2D eigenvalue weighted by atomic mass is 16.4. The third kappa shape index (κ3) is 3.45. The smallest absolute Gasteiger partial charge is 0.328 e. The molecule has 1 aromatic carbocycles. The number of benzene rings is 1. The highest BCUT2D eigenvalue weighted by molar-refractivity contribution is 5.94. The molecule has 0 radical (unpaired) electrons. The molecule has 0 aromatic heterocycles. The SMILES string of the molecule is Cc1cc(/C=C/C(=O)O)cc(NC(=O)C2CC2)c1. The number of carboxylic acids is 1. The number of aryl methyl sites for hydroxylation is 1. The third-order valence-corrected chi connectivity index (χ3v) is 2.73. The summed E-state index contributed by atoms with van der Waals surface area (Å²) in [7, 11) is 0. The van der Waals surface area contributed by atoms with E-state index in [4.69, 9.17) is 5.11 Å². The maximum atomic E-state index is 11.6. The van der Waals surface area contributed by atoms with Crippen molar-refractivity contribution in [2.75, 3.05) is 5.32 Å². The molecule has 0 unspecified atom stereocenters. The van der Waals surface area contributed by atoms with Crippen LogP contribution in [0.15, 0.2) is 24.3 Å². The molecule has 94 valence electrons. The van der Waals surface area contributed by atoms with Crippen LogP contribution in [0.1, 0.15) is 24.0 Å². The lowest BCUT2D eigenvalue weighted by Gasteiger charge is -2.07. The molecule has 2 N–H and O–H groups in total. The van der Waals surface area contributed by atoms with Gasteiger partial charge in [0.15, 0.2) is 0 Å². The van der Waals surface area contributed by atoms with Crippen molar-refractivity contribution < 1.29 is 14.7 Å². The quantitative estimate of drug-likeness (QED) is 0.801. The number of rotatable bonds is 4. The fourth-order valence-electron chi connectivity index (χ4n) is 1.74. The van der Waals surface area contributed by atoms with E-state index in [1.807, 2.05) is 19.1 Å². The van der Waals surface area contributed by atoms with Crippen molar-refractivity contribution >= 4 is 23.6 Å². The highest BCUT2D eigenvalue weighted by Crippen LogP contribution is 2.30. The van der Waals surface area contributed by atoms with E-state index < -0.39 is 5.97 Å². The maximum Gasteiger partial charge on any atom is 0.328 e. The van der Waals surface area contributed by atoms with Gasteiger partial charge in [0.05, 0.1) is 0 Å². The summed E-state index contributed by atoms with van der Waals surface area (Å²) in [6.45, 7) is 1.91. The van der Waals surface area contributed by atoms with E-state index in [0.717, 1.165) is 35.7 Å². The van der Waals surface area contributed by atoms with Gasteiger partial charge in [-0.15, -0.1) is 0 Å². The number of aliphatic carboxylic acids is 1. The van der Waals surface area contributed by atoms with Gasteiger partial charge in [0.2, 0.25) is 5.91 Å². The van der Waals surface area contributed by atoms with Crippen LogP contribution in [0.4, 0.5) is 5.69 Å². The second kappa shape index (κ2) is 5.04. The van der Waals surface area contributed by atoms with Crippen LogP contribution in [0.3, 0.4) is 0 Å². The Hall–Kier alpha value is -2.10. The maximum absolute atomic E-state index is 11.6. The lowest BCUT2D eigenvalue weighted by atomic mass is 10.1. The molecule has 1 aromatic rings. The lowest BCUT2D eigenvalue weighted by molar-refractivity contribution is -0.131. The van der Waals surface area contributed by atoms with E-state index in [9.17, 15) is 9.59 Å². The molecule has 1 aliphatic carbocycles. The molecule has 18 heavy (non-hydrogen) atoms. The molecule has 0 saturated heterocycles. The van der Waals surface area contributed by atoms with Crippen LogP contribution in [0.25, 0.3) is 6.08 Å². The predicted octanol–water partition coefficient (Wildman–Crippen LogP) is 2.44. The van der Waals surface area contributed by atoms with E-state index in [1.54, 1.807) is 6.07 Å². The van der Waals surface area contributed by atoms with Gasteiger partial charge in [-0.3, -0.25) is 4.79 Å². The van der Waals surface area contributed by atoms with Gasteiger partial charge in [-0.2, -0.15) is 0 Å². The van der Waals surface area contributed by atoms with Gasteiger partial charge in [0, 0.05) is 17.7 Å². The molecule has 2 rings (SSSR count). The van der Waals surface area contributed by atoms with Crippen molar-refractivity contribution in [2.24, 2.45) is 5.92 Å². The van der Waals surface area contributed by atoms with Crippen LogP contribution in [-0.4, -0.2) is 17.0 Å². The van der Waals surface area contributed by atoms with Gasteiger partial charge < -0.3 is 10.4 Å². The van der Waals surface area contributed by atoms with Crippen LogP contribution in [0.2, 0.25) is 0 Å². The van der Waals surface area contributed by atoms with Gasteiger partial charge in [-0.1, -0.05) is 6.07 Å². The van der Waals surface area contributed by atoms with E-state index in [1.165, 1.54) is 6.08 Å². The molecule has 4 nitrogen and oxygen atoms in total. The Labute approximate surface area is 105 Å². The Morgan fingerprint density at radius 3 is 2.67 bits per heavy atom. The van der Waals surface area contributed by atoms with Crippen LogP contribution < -0.4 is 5.32 Å². The highest BCUT2D eigenvalue weighted by Gasteiger charge is 2.29. The van der Waals surface area contributed by atoms with Gasteiger partial charge in [0.25, 0.3) is 0 Å². The van der Waals surface area contributed by atoms with Crippen molar-refractivity contribution in [3.63, 3.8) is 0 Å². The van der Waals surface area contributed by atoms with E-state index in [2.05, 4.69) is 5.32 Å². The normalized spacial score (nSPS) is 14.7. The minimum Gasteiger partial charge on any atom is -0.478 e. The first-order valence-corrected chi connectivity index (χ1v) is 5.88. The topological polar surface area (TPSA) is 66.4 Å². The Morgan fingerprint density at radius 1 is 1.33 bits per heavy atom. The zero-order valence-electron chi connectivity index (χ0n) is 10.1. The van der Waals surface area contributed by atoms with Crippen LogP contribution >= 0.6 is 0 Å². The molecular formula is C14H15NO3. The Morgan fingerprint density at radius 2 is 2.06 bits per heavy atom. The molecule has 0 heterocycles. The first kappa shape index (κ1) is 12.4. The third-order valence-electron chi connectivity index (χ3n) is 2.73. The molecule has 4 heteroatoms. The van der Waals surface area contributed by atoms with Crippen LogP contribution in [0, 0.1) is 12.8 Å². The fourth-order valence-corrected chi connectivity index (χ4v) is 1.74. The first-order valence-electron chi connectivity index (χ1n) is 5.88. The van der Waals surface area contributed by atoms with Gasteiger partial charge >= 0.3 is 5.97 Å². The molecule has 0 aliphatic heterocycles. The summed E-state index contributed by atoms with van der Waals surface area (Å²) in [5, 5.41) is 11.4. The number of carbonyl (C=O) groups is 2. The van der Waals surface area contributed by atoms with Gasteiger partial charge in [0.1, 0.15) is 0 Å². The minimum absolute atomic E-state index is 0.0498. The number of amides is 1. The fraction of sp³-hybridized carbons (Fsp3) is 0.286. The van der Waals surface area contributed by atoms with E-state index in [-0.39, 0.29) is 11.8 Å². The zero-order valence-corrected chi connectivity index (χ0v) is 10.1. The summed E-state index contributed by atoms with van der Waals surface area (Å²) >= 11 is 0. The molecular weight excluding hydrogens is 230 g/mol. The molecule has 0 spiro atoms. The van der Waals surface area contributed by atoms with Crippen molar-refractivity contribution in [3.8, 4) is 0 Å². The number of carbonyl (C=O) groups excluding carboxylic acids is 1. The van der Waals surface area contributed by atoms with Crippen molar-refractivity contribution in [1.29, 1.82) is 0 Å². The summed E-state index contributed by atoms with van der Waals surface area (Å²) in [5.74, 6) is -0.780. The molecule has 1 amide bonds. The number of hydrogen-bond acceptors (Lipinski definition) is 2. The minimum atomic E-state index is -0.986. The summed E-state index contributed by atoms with van der Waals surface area (Å²) in [5.41, 5.74) is 2.47. The predicted molar refractivity (Wildman–Crippen MR) is 69.2 cm³/mol. The number of nitrogens with one attached hydrogen (secondary N) is 1. The molecule has 1 fully saturated rings. The number of hydrogen-bond donors (Lipinski definition) is 2. The summed E-state index contributed by atoms with van der Waals surface area (Å²) in [6.07, 6.45) is 4.52. The van der Waals surface area contributed by atoms with Crippen molar-refractivity contribution in [2.45, 2.75) is 19.8 Å². The molecule has 1 saturated carbocycles.